The molecule has 1 N–H and O–H groups in total. The van der Waals surface area contributed by atoms with Gasteiger partial charge in [0.25, 0.3) is 5.91 Å². The van der Waals surface area contributed by atoms with E-state index in [1.165, 1.54) is 0 Å². The molecule has 2 aliphatic heterocycles. The molecule has 0 radical (unpaired) electrons. The van der Waals surface area contributed by atoms with Gasteiger partial charge in [0.05, 0.1) is 6.54 Å². The van der Waals surface area contributed by atoms with Gasteiger partial charge < -0.3 is 24.2 Å². The van der Waals surface area contributed by atoms with Crippen LogP contribution in [0.3, 0.4) is 0 Å². The van der Waals surface area contributed by atoms with Crippen molar-refractivity contribution in [2.75, 3.05) is 26.5 Å². The zero-order chi connectivity index (χ0) is 19.4. The average Bonchev–Trinajstić information content (AvgIpc) is 3.29. The highest BCUT2D eigenvalue weighted by atomic mass is 16.6. The van der Waals surface area contributed by atoms with Crippen LogP contribution in [0, 0.1) is 0 Å². The van der Waals surface area contributed by atoms with E-state index in [2.05, 4.69) is 4.74 Å². The van der Waals surface area contributed by atoms with Crippen LogP contribution in [-0.2, 0) is 21.7 Å². The van der Waals surface area contributed by atoms with Gasteiger partial charge >= 0.3 is 0 Å². The maximum atomic E-state index is 12.9. The molecule has 2 aromatic rings. The Balaban J connectivity index is 0.000000376. The van der Waals surface area contributed by atoms with Crippen LogP contribution in [0.4, 0.5) is 0 Å². The fourth-order valence-electron chi connectivity index (χ4n) is 3.90. The van der Waals surface area contributed by atoms with Crippen molar-refractivity contribution in [1.29, 1.82) is 0 Å². The number of hydrogen-bond acceptors (Lipinski definition) is 4. The van der Waals surface area contributed by atoms with E-state index in [9.17, 15) is 9.59 Å². The summed E-state index contributed by atoms with van der Waals surface area (Å²) >= 11 is 0. The second-order valence-electron chi connectivity index (χ2n) is 6.45. The first-order valence-electron chi connectivity index (χ1n) is 9.05. The lowest BCUT2D eigenvalue weighted by Crippen LogP contribution is -2.59. The van der Waals surface area contributed by atoms with E-state index in [1.807, 2.05) is 70.0 Å². The summed E-state index contributed by atoms with van der Waals surface area (Å²) in [5.41, 5.74) is 0.961. The van der Waals surface area contributed by atoms with Crippen LogP contribution in [0.1, 0.15) is 29.9 Å². The molecule has 0 spiro atoms. The van der Waals surface area contributed by atoms with Crippen LogP contribution in [-0.4, -0.2) is 57.8 Å². The molecule has 0 bridgehead atoms. The summed E-state index contributed by atoms with van der Waals surface area (Å²) in [5.74, 6) is -0.0152. The predicted molar refractivity (Wildman–Crippen MR) is 99.7 cm³/mol. The minimum absolute atomic E-state index is 0.00485. The minimum Gasteiger partial charge on any atom is -0.371 e. The Morgan fingerprint density at radius 2 is 1.93 bits per heavy atom. The van der Waals surface area contributed by atoms with Gasteiger partial charge in [-0.1, -0.05) is 30.3 Å². The molecule has 1 atom stereocenters. The van der Waals surface area contributed by atoms with Gasteiger partial charge in [-0.25, -0.2) is 0 Å². The maximum absolute atomic E-state index is 12.9. The Morgan fingerprint density at radius 3 is 2.52 bits per heavy atom. The number of aromatic nitrogens is 1. The van der Waals surface area contributed by atoms with E-state index >= 15 is 0 Å². The summed E-state index contributed by atoms with van der Waals surface area (Å²) in [7, 11) is 0. The molecule has 1 fully saturated rings. The molecule has 1 unspecified atom stereocenters. The highest BCUT2D eigenvalue weighted by Gasteiger charge is 2.55. The van der Waals surface area contributed by atoms with Gasteiger partial charge in [0.15, 0.2) is 5.66 Å². The minimum atomic E-state index is -0.712. The number of carbonyl (C=O) groups is 2. The number of carbonyl (C=O) groups excluding carboxylic acids is 2. The number of hydrogen-bond donors (Lipinski definition) is 1. The van der Waals surface area contributed by atoms with Crippen LogP contribution in [0.25, 0.3) is 0 Å². The Hall–Kier alpha value is -2.64. The lowest BCUT2D eigenvalue weighted by Gasteiger charge is -2.47. The van der Waals surface area contributed by atoms with Crippen LogP contribution in [0.5, 0.6) is 0 Å². The number of aliphatic hydroxyl groups excluding tert-OH is 1. The Kier molecular flexibility index (Phi) is 5.62. The third-order valence-electron chi connectivity index (χ3n) is 5.04. The van der Waals surface area contributed by atoms with Crippen LogP contribution < -0.4 is 0 Å². The number of amides is 2. The highest BCUT2D eigenvalue weighted by Crippen LogP contribution is 2.42. The molecule has 3 heterocycles. The Morgan fingerprint density at radius 1 is 1.19 bits per heavy atom. The molecule has 1 saturated heterocycles. The quantitative estimate of drug-likeness (QED) is 0.833. The van der Waals surface area contributed by atoms with Crippen molar-refractivity contribution in [3.63, 3.8) is 0 Å². The van der Waals surface area contributed by atoms with E-state index in [1.54, 1.807) is 6.92 Å². The molecule has 144 valence electrons. The van der Waals surface area contributed by atoms with E-state index < -0.39 is 5.66 Å². The largest absolute Gasteiger partial charge is 0.371 e. The lowest BCUT2D eigenvalue weighted by atomic mass is 9.94. The van der Waals surface area contributed by atoms with Crippen molar-refractivity contribution < 1.29 is 19.4 Å². The topological polar surface area (TPSA) is 75.0 Å². The molecular formula is C20H25N3O4. The average molecular weight is 371 g/mol. The van der Waals surface area contributed by atoms with E-state index in [-0.39, 0.29) is 18.6 Å². The molecular weight excluding hydrogens is 346 g/mol. The van der Waals surface area contributed by atoms with E-state index in [0.29, 0.717) is 31.9 Å². The third-order valence-corrected chi connectivity index (χ3v) is 5.04. The van der Waals surface area contributed by atoms with E-state index in [4.69, 9.17) is 5.11 Å². The summed E-state index contributed by atoms with van der Waals surface area (Å²) < 4.78 is 6.34. The van der Waals surface area contributed by atoms with Gasteiger partial charge in [-0.15, -0.1) is 0 Å². The first-order chi connectivity index (χ1) is 13.1. The lowest BCUT2D eigenvalue weighted by molar-refractivity contribution is -0.138. The van der Waals surface area contributed by atoms with Crippen molar-refractivity contribution in [3.8, 4) is 0 Å². The smallest absolute Gasteiger partial charge is 0.272 e. The second kappa shape index (κ2) is 7.94. The van der Waals surface area contributed by atoms with Crippen molar-refractivity contribution >= 4 is 11.8 Å². The van der Waals surface area contributed by atoms with Gasteiger partial charge in [0.1, 0.15) is 12.5 Å². The monoisotopic (exact) mass is 371 g/mol. The normalized spacial score (nSPS) is 20.6. The van der Waals surface area contributed by atoms with Crippen LogP contribution in [0.2, 0.25) is 0 Å². The fraction of sp³-hybridized carbons (Fsp3) is 0.400. The molecule has 2 amide bonds. The zero-order valence-corrected chi connectivity index (χ0v) is 15.7. The first-order valence-corrected chi connectivity index (χ1v) is 9.05. The number of ether oxygens (including phenoxy) is 1. The summed E-state index contributed by atoms with van der Waals surface area (Å²) in [6.45, 7) is 5.55. The van der Waals surface area contributed by atoms with Crippen LogP contribution in [0.15, 0.2) is 48.7 Å². The van der Waals surface area contributed by atoms with Crippen LogP contribution >= 0.6 is 0 Å². The summed E-state index contributed by atoms with van der Waals surface area (Å²) in [5, 5.41) is 7.84. The number of nitrogens with zero attached hydrogens (tertiary/aromatic N) is 3. The highest BCUT2D eigenvalue weighted by molar-refractivity contribution is 5.95. The maximum Gasteiger partial charge on any atom is 0.272 e. The summed E-state index contributed by atoms with van der Waals surface area (Å²) in [6.07, 6.45) is 1.91. The predicted octanol–water partition coefficient (Wildman–Crippen LogP) is 1.63. The molecule has 2 aliphatic rings. The molecule has 1 aromatic carbocycles. The number of benzene rings is 1. The van der Waals surface area contributed by atoms with Gasteiger partial charge in [-0.05, 0) is 24.6 Å². The molecule has 4 rings (SSSR count). The molecule has 0 saturated carbocycles. The van der Waals surface area contributed by atoms with Gasteiger partial charge in [-0.3, -0.25) is 9.59 Å². The summed E-state index contributed by atoms with van der Waals surface area (Å²) in [4.78, 5) is 28.8. The fourth-order valence-corrected chi connectivity index (χ4v) is 3.90. The Bertz CT molecular complexity index is 803. The number of rotatable bonds is 3. The molecule has 0 aliphatic carbocycles. The van der Waals surface area contributed by atoms with Gasteiger partial charge in [-0.2, -0.15) is 0 Å². The zero-order valence-electron chi connectivity index (χ0n) is 15.7. The SMILES string of the molecule is CC(=O)N1CCN2C(=O)c3cccn3CC12c1ccccc1.CCOCO. The molecule has 1 aromatic heterocycles. The third kappa shape index (κ3) is 3.24. The molecule has 7 nitrogen and oxygen atoms in total. The van der Waals surface area contributed by atoms with Crippen molar-refractivity contribution in [3.05, 3.63) is 59.9 Å². The molecule has 27 heavy (non-hydrogen) atoms. The standard InChI is InChI=1S/C17H17N3O2.C3H8O2/c1-13(21)19-10-11-20-16(22)15-8-5-9-18(15)12-17(19,20)14-6-3-2-4-7-14;1-2-5-3-4/h2-9H,10-12H2,1H3;4H,2-3H2,1H3. The van der Waals surface area contributed by atoms with Crippen molar-refractivity contribution in [2.45, 2.75) is 26.1 Å². The second-order valence-corrected chi connectivity index (χ2v) is 6.45. The van der Waals surface area contributed by atoms with Gasteiger partial charge in [0.2, 0.25) is 5.91 Å². The number of fused-ring (bicyclic) bond motifs is 2. The van der Waals surface area contributed by atoms with E-state index in [0.717, 1.165) is 5.56 Å². The van der Waals surface area contributed by atoms with Crippen molar-refractivity contribution in [1.82, 2.24) is 14.4 Å². The number of aliphatic hydroxyl groups is 1. The first kappa shape index (κ1) is 19.1. The Labute approximate surface area is 158 Å². The van der Waals surface area contributed by atoms with Crippen molar-refractivity contribution in [2.24, 2.45) is 0 Å². The summed E-state index contributed by atoms with van der Waals surface area (Å²) in [6, 6.07) is 13.6. The van der Waals surface area contributed by atoms with Gasteiger partial charge in [0, 0.05) is 32.8 Å². The molecule has 7 heteroatoms.